The highest BCUT2D eigenvalue weighted by Crippen LogP contribution is 2.26. The second-order valence-corrected chi connectivity index (χ2v) is 9.26. The van der Waals surface area contributed by atoms with Gasteiger partial charge in [0, 0.05) is 18.3 Å². The predicted octanol–water partition coefficient (Wildman–Crippen LogP) is 4.25. The average Bonchev–Trinajstić information content (AvgIpc) is 3.12. The Morgan fingerprint density at radius 1 is 1.09 bits per heavy atom. The van der Waals surface area contributed by atoms with Crippen LogP contribution in [0.25, 0.3) is 6.08 Å². The molecule has 12 heteroatoms. The molecule has 1 aromatic heterocycles. The highest BCUT2D eigenvalue weighted by molar-refractivity contribution is 8.18. The monoisotopic (exact) mass is 507 g/mol. The maximum absolute atomic E-state index is 12.2. The van der Waals surface area contributed by atoms with Crippen molar-refractivity contribution in [1.29, 1.82) is 0 Å². The lowest BCUT2D eigenvalue weighted by Gasteiger charge is -2.29. The summed E-state index contributed by atoms with van der Waals surface area (Å²) in [6, 6.07) is 8.21. The van der Waals surface area contributed by atoms with Crippen LogP contribution in [0.3, 0.4) is 0 Å². The molecule has 1 aliphatic heterocycles. The number of imide groups is 1. The molecule has 1 aliphatic carbocycles. The molecule has 2 heterocycles. The highest BCUT2D eigenvalue weighted by atomic mass is 32.2. The zero-order valence-electron chi connectivity index (χ0n) is 18.6. The van der Waals surface area contributed by atoms with Crippen molar-refractivity contribution >= 4 is 34.9 Å². The second-order valence-electron chi connectivity index (χ2n) is 8.25. The summed E-state index contributed by atoms with van der Waals surface area (Å²) in [6.45, 7) is 0.732. The molecule has 2 aromatic rings. The summed E-state index contributed by atoms with van der Waals surface area (Å²) in [4.78, 5) is 32.0. The summed E-state index contributed by atoms with van der Waals surface area (Å²) in [6.07, 6.45) is 3.01. The Hall–Kier alpha value is -3.12. The van der Waals surface area contributed by atoms with Crippen LogP contribution < -0.4 is 20.7 Å². The molecule has 3 N–H and O–H groups in total. The smallest absolute Gasteiger partial charge is 0.406 e. The number of anilines is 1. The van der Waals surface area contributed by atoms with E-state index in [2.05, 4.69) is 30.7 Å². The zero-order valence-corrected chi connectivity index (χ0v) is 19.4. The van der Waals surface area contributed by atoms with Crippen LogP contribution in [0.15, 0.2) is 41.4 Å². The zero-order chi connectivity index (χ0) is 24.8. The van der Waals surface area contributed by atoms with E-state index in [4.69, 9.17) is 0 Å². The molecule has 2 fully saturated rings. The van der Waals surface area contributed by atoms with Crippen molar-refractivity contribution in [2.24, 2.45) is 0 Å². The number of aromatic nitrogens is 2. The first-order valence-electron chi connectivity index (χ1n) is 11.2. The number of nitrogens with zero attached hydrogens (tertiary/aromatic N) is 2. The number of benzene rings is 1. The Morgan fingerprint density at radius 3 is 2.46 bits per heavy atom. The van der Waals surface area contributed by atoms with Crippen molar-refractivity contribution in [1.82, 2.24) is 20.6 Å². The number of nitrogens with one attached hydrogen (secondary N) is 3. The minimum Gasteiger partial charge on any atom is -0.406 e. The van der Waals surface area contributed by atoms with Gasteiger partial charge in [-0.25, -0.2) is 9.97 Å². The molecular weight excluding hydrogens is 483 g/mol. The summed E-state index contributed by atoms with van der Waals surface area (Å²) < 4.78 is 40.6. The third kappa shape index (κ3) is 7.69. The van der Waals surface area contributed by atoms with Crippen molar-refractivity contribution in [3.63, 3.8) is 0 Å². The summed E-state index contributed by atoms with van der Waals surface area (Å²) in [5, 5.41) is 8.68. The van der Waals surface area contributed by atoms with Gasteiger partial charge in [0.2, 0.25) is 5.95 Å². The SMILES string of the molecule is O=C1NC(=O)/C(=C/c2ccnc(NC3CCC(NCCc4ccc(OC(F)(F)F)cc4)CC3)n2)S1. The average molecular weight is 508 g/mol. The van der Waals surface area contributed by atoms with Gasteiger partial charge in [-0.2, -0.15) is 0 Å². The lowest BCUT2D eigenvalue weighted by Crippen LogP contribution is -2.38. The Balaban J connectivity index is 1.19. The van der Waals surface area contributed by atoms with Gasteiger partial charge in [-0.15, -0.1) is 13.2 Å². The van der Waals surface area contributed by atoms with Gasteiger partial charge in [-0.1, -0.05) is 12.1 Å². The maximum atomic E-state index is 12.2. The Kier molecular flexibility index (Phi) is 7.91. The molecule has 1 aromatic carbocycles. The number of halogens is 3. The normalized spacial score (nSPS) is 21.7. The number of ether oxygens (including phenoxy) is 1. The van der Waals surface area contributed by atoms with Crippen LogP contribution in [-0.4, -0.2) is 46.1 Å². The van der Waals surface area contributed by atoms with Crippen LogP contribution in [0.5, 0.6) is 5.75 Å². The number of hydrogen-bond donors (Lipinski definition) is 3. The molecule has 0 bridgehead atoms. The fourth-order valence-corrected chi connectivity index (χ4v) is 4.65. The number of carbonyl (C=O) groups is 2. The van der Waals surface area contributed by atoms with E-state index in [1.807, 2.05) is 0 Å². The number of carbonyl (C=O) groups excluding carboxylic acids is 2. The molecule has 8 nitrogen and oxygen atoms in total. The Bertz CT molecular complexity index is 1090. The largest absolute Gasteiger partial charge is 0.573 e. The summed E-state index contributed by atoms with van der Waals surface area (Å²) >= 11 is 0.845. The van der Waals surface area contributed by atoms with Crippen LogP contribution in [0, 0.1) is 0 Å². The Morgan fingerprint density at radius 2 is 1.80 bits per heavy atom. The van der Waals surface area contributed by atoms with Crippen molar-refractivity contribution in [2.45, 2.75) is 50.6 Å². The van der Waals surface area contributed by atoms with Crippen LogP contribution in [0.2, 0.25) is 0 Å². The molecule has 2 aliphatic rings. The summed E-state index contributed by atoms with van der Waals surface area (Å²) in [5.41, 5.74) is 1.48. The van der Waals surface area contributed by atoms with Gasteiger partial charge in [0.15, 0.2) is 0 Å². The van der Waals surface area contributed by atoms with E-state index >= 15 is 0 Å². The fourth-order valence-electron chi connectivity index (χ4n) is 3.98. The van der Waals surface area contributed by atoms with Gasteiger partial charge in [0.25, 0.3) is 11.1 Å². The van der Waals surface area contributed by atoms with E-state index in [0.29, 0.717) is 29.0 Å². The first-order chi connectivity index (χ1) is 16.7. The van der Waals surface area contributed by atoms with Crippen LogP contribution >= 0.6 is 11.8 Å². The summed E-state index contributed by atoms with van der Waals surface area (Å²) in [5.74, 6) is -0.168. The minimum atomic E-state index is -4.68. The maximum Gasteiger partial charge on any atom is 0.573 e. The molecule has 1 saturated heterocycles. The van der Waals surface area contributed by atoms with Crippen molar-refractivity contribution < 1.29 is 27.5 Å². The van der Waals surface area contributed by atoms with E-state index in [9.17, 15) is 22.8 Å². The van der Waals surface area contributed by atoms with Gasteiger partial charge in [-0.05, 0) is 80.2 Å². The van der Waals surface area contributed by atoms with E-state index < -0.39 is 17.5 Å². The fraction of sp³-hybridized carbons (Fsp3) is 0.391. The molecule has 1 saturated carbocycles. The second kappa shape index (κ2) is 11.1. The van der Waals surface area contributed by atoms with Crippen molar-refractivity contribution in [2.75, 3.05) is 11.9 Å². The number of thioether (sulfide) groups is 1. The van der Waals surface area contributed by atoms with Crippen molar-refractivity contribution in [3.05, 3.63) is 52.7 Å². The van der Waals surface area contributed by atoms with Crippen molar-refractivity contribution in [3.8, 4) is 5.75 Å². The summed E-state index contributed by atoms with van der Waals surface area (Å²) in [7, 11) is 0. The molecule has 186 valence electrons. The molecule has 4 rings (SSSR count). The predicted molar refractivity (Wildman–Crippen MR) is 126 cm³/mol. The number of alkyl halides is 3. The van der Waals surface area contributed by atoms with Crippen LogP contribution in [0.1, 0.15) is 36.9 Å². The third-order valence-electron chi connectivity index (χ3n) is 5.66. The minimum absolute atomic E-state index is 0.218. The van der Waals surface area contributed by atoms with Gasteiger partial charge < -0.3 is 15.4 Å². The lowest BCUT2D eigenvalue weighted by molar-refractivity contribution is -0.274. The molecule has 2 amide bonds. The van der Waals surface area contributed by atoms with Crippen LogP contribution in [-0.2, 0) is 11.2 Å². The molecule has 0 radical (unpaired) electrons. The van der Waals surface area contributed by atoms with E-state index in [1.54, 1.807) is 30.5 Å². The molecular formula is C23H24F3N5O3S. The van der Waals surface area contributed by atoms with Crippen LogP contribution in [0.4, 0.5) is 23.9 Å². The highest BCUT2D eigenvalue weighted by Gasteiger charge is 2.31. The van der Waals surface area contributed by atoms with E-state index in [0.717, 1.165) is 49.6 Å². The van der Waals surface area contributed by atoms with Gasteiger partial charge in [-0.3, -0.25) is 14.9 Å². The van der Waals surface area contributed by atoms with Gasteiger partial charge >= 0.3 is 6.36 Å². The number of hydrogen-bond acceptors (Lipinski definition) is 8. The first kappa shape index (κ1) is 25.0. The van der Waals surface area contributed by atoms with E-state index in [-0.39, 0.29) is 11.8 Å². The van der Waals surface area contributed by atoms with Gasteiger partial charge in [0.1, 0.15) is 5.75 Å². The van der Waals surface area contributed by atoms with Gasteiger partial charge in [0.05, 0.1) is 10.6 Å². The standard InChI is InChI=1S/C23H24F3N5O3S/c24-23(25,26)34-18-7-1-14(2-8-18)9-11-27-15-3-5-16(6-4-15)29-21-28-12-10-17(30-21)13-19-20(32)31-22(33)35-19/h1-2,7-8,10,12-13,15-16,27H,3-6,9,11H2,(H,28,29,30)(H,31,32,33)/b19-13-. The lowest BCUT2D eigenvalue weighted by atomic mass is 9.91. The topological polar surface area (TPSA) is 105 Å². The number of rotatable bonds is 8. The third-order valence-corrected chi connectivity index (χ3v) is 6.47. The number of amides is 2. The molecule has 0 atom stereocenters. The van der Waals surface area contributed by atoms with E-state index in [1.165, 1.54) is 12.1 Å². The quantitative estimate of drug-likeness (QED) is 0.456. The molecule has 0 unspecified atom stereocenters. The Labute approximate surface area is 204 Å². The first-order valence-corrected chi connectivity index (χ1v) is 12.0. The molecule has 0 spiro atoms. The molecule has 35 heavy (non-hydrogen) atoms.